The van der Waals surface area contributed by atoms with E-state index in [2.05, 4.69) is 10.1 Å². The minimum absolute atomic E-state index is 0.343. The molecule has 1 aromatic carbocycles. The van der Waals surface area contributed by atoms with Gasteiger partial charge < -0.3 is 15.6 Å². The van der Waals surface area contributed by atoms with Gasteiger partial charge in [0.1, 0.15) is 5.60 Å². The number of carbonyl (C=O) groups is 1. The van der Waals surface area contributed by atoms with Crippen molar-refractivity contribution in [2.75, 3.05) is 0 Å². The third-order valence-electron chi connectivity index (χ3n) is 3.22. The molecule has 1 atom stereocenters. The number of amides is 1. The summed E-state index contributed by atoms with van der Waals surface area (Å²) in [5.41, 5.74) is 7.55. The fraction of sp³-hybridized carbons (Fsp3) is 0.619. The zero-order chi connectivity index (χ0) is 23.4. The second-order valence-electron chi connectivity index (χ2n) is 9.85. The Morgan fingerprint density at radius 2 is 1.40 bits per heavy atom. The van der Waals surface area contributed by atoms with Crippen LogP contribution < -0.4 is 5.32 Å². The van der Waals surface area contributed by atoms with Crippen LogP contribution in [0.4, 0.5) is 4.79 Å². The molecular formula is C21H34N3O5P. The van der Waals surface area contributed by atoms with Gasteiger partial charge in [-0.25, -0.2) is 9.36 Å². The van der Waals surface area contributed by atoms with E-state index < -0.39 is 36.5 Å². The number of hydrogen-bond acceptors (Lipinski definition) is 5. The maximum atomic E-state index is 13.9. The first-order valence-electron chi connectivity index (χ1n) is 9.74. The van der Waals surface area contributed by atoms with Crippen molar-refractivity contribution >= 4 is 19.1 Å². The maximum Gasteiger partial charge on any atom is 0.441 e. The summed E-state index contributed by atoms with van der Waals surface area (Å²) in [6, 6.07) is 7.57. The molecule has 1 unspecified atom stereocenters. The van der Waals surface area contributed by atoms with E-state index in [-0.39, 0.29) is 5.45 Å². The second-order valence-corrected chi connectivity index (χ2v) is 11.7. The summed E-state index contributed by atoms with van der Waals surface area (Å²) in [5, 5.41) is 2.63. The summed E-state index contributed by atoms with van der Waals surface area (Å²) < 4.78 is 30.9. The van der Waals surface area contributed by atoms with Crippen LogP contribution in [0.2, 0.25) is 0 Å². The van der Waals surface area contributed by atoms with E-state index in [1.807, 2.05) is 0 Å². The highest BCUT2D eigenvalue weighted by molar-refractivity contribution is 7.72. The summed E-state index contributed by atoms with van der Waals surface area (Å²) >= 11 is 0. The predicted molar refractivity (Wildman–Crippen MR) is 116 cm³/mol. The number of ether oxygens (including phenoxy) is 1. The molecule has 0 spiro atoms. The SMILES string of the molecule is CC(C)(C)OC(=O)NC(C(=[N+]=[N-])P(=O)(OC(C)(C)C)OC(C)(C)C)c1ccccc1. The van der Waals surface area contributed by atoms with Crippen molar-refractivity contribution in [3.05, 3.63) is 41.4 Å². The highest BCUT2D eigenvalue weighted by atomic mass is 31.2. The molecule has 9 heteroatoms. The maximum absolute atomic E-state index is 13.9. The number of benzene rings is 1. The fourth-order valence-corrected chi connectivity index (χ4v) is 4.78. The molecule has 0 bridgehead atoms. The Morgan fingerprint density at radius 1 is 0.933 bits per heavy atom. The third-order valence-corrected chi connectivity index (χ3v) is 5.71. The van der Waals surface area contributed by atoms with Crippen molar-refractivity contribution < 1.29 is 27.9 Å². The molecule has 0 aliphatic carbocycles. The Hall–Kier alpha value is -1.98. The average Bonchev–Trinajstić information content (AvgIpc) is 2.49. The Morgan fingerprint density at radius 3 is 1.77 bits per heavy atom. The summed E-state index contributed by atoms with van der Waals surface area (Å²) in [6.07, 6.45) is -0.768. The summed E-state index contributed by atoms with van der Waals surface area (Å²) in [7, 11) is -4.17. The van der Waals surface area contributed by atoms with Crippen LogP contribution in [0, 0.1) is 0 Å². The molecule has 0 aromatic heterocycles. The van der Waals surface area contributed by atoms with Gasteiger partial charge in [0.15, 0.2) is 6.04 Å². The van der Waals surface area contributed by atoms with Crippen molar-refractivity contribution in [1.29, 1.82) is 0 Å². The molecule has 0 fully saturated rings. The summed E-state index contributed by atoms with van der Waals surface area (Å²) in [6.45, 7) is 15.4. The van der Waals surface area contributed by atoms with E-state index in [0.717, 1.165) is 0 Å². The lowest BCUT2D eigenvalue weighted by Crippen LogP contribution is -2.40. The first-order chi connectivity index (χ1) is 13.5. The lowest BCUT2D eigenvalue weighted by atomic mass is 10.1. The summed E-state index contributed by atoms with van der Waals surface area (Å²) in [4.78, 5) is 15.8. The Balaban J connectivity index is 3.53. The normalized spacial score (nSPS) is 13.9. The lowest BCUT2D eigenvalue weighted by Gasteiger charge is -2.31. The molecule has 1 amide bonds. The van der Waals surface area contributed by atoms with Gasteiger partial charge in [-0.05, 0) is 67.9 Å². The van der Waals surface area contributed by atoms with E-state index >= 15 is 0 Å². The van der Waals surface area contributed by atoms with Crippen LogP contribution in [0.25, 0.3) is 5.53 Å². The van der Waals surface area contributed by atoms with Gasteiger partial charge in [-0.15, -0.1) is 0 Å². The number of carbonyl (C=O) groups excluding carboxylic acids is 1. The number of rotatable bonds is 6. The third kappa shape index (κ3) is 8.80. The fourth-order valence-electron chi connectivity index (χ4n) is 2.47. The van der Waals surface area contributed by atoms with Crippen molar-refractivity contribution in [1.82, 2.24) is 5.32 Å². The van der Waals surface area contributed by atoms with Crippen LogP contribution in [0.5, 0.6) is 0 Å². The highest BCUT2D eigenvalue weighted by Gasteiger charge is 2.51. The Kier molecular flexibility index (Phi) is 8.20. The van der Waals surface area contributed by atoms with Crippen LogP contribution in [0.1, 0.15) is 73.9 Å². The topological polar surface area (TPSA) is 110 Å². The van der Waals surface area contributed by atoms with Gasteiger partial charge in [-0.3, -0.25) is 9.05 Å². The predicted octanol–water partition coefficient (Wildman–Crippen LogP) is 5.70. The molecule has 1 aromatic rings. The van der Waals surface area contributed by atoms with Crippen LogP contribution in [0.3, 0.4) is 0 Å². The van der Waals surface area contributed by atoms with Crippen LogP contribution in [-0.4, -0.2) is 33.1 Å². The lowest BCUT2D eigenvalue weighted by molar-refractivity contribution is -0.0167. The van der Waals surface area contributed by atoms with Gasteiger partial charge in [-0.1, -0.05) is 30.3 Å². The van der Waals surface area contributed by atoms with E-state index in [1.54, 1.807) is 92.6 Å². The molecule has 0 saturated carbocycles. The number of nitrogens with zero attached hydrogens (tertiary/aromatic N) is 2. The molecule has 1 rings (SSSR count). The summed E-state index contributed by atoms with van der Waals surface area (Å²) in [5.74, 6) is 0. The van der Waals surface area contributed by atoms with Gasteiger partial charge in [0, 0.05) is 0 Å². The number of alkyl carbamates (subject to hydrolysis) is 1. The number of hydrogen-bond donors (Lipinski definition) is 1. The van der Waals surface area contributed by atoms with E-state index in [9.17, 15) is 14.9 Å². The largest absolute Gasteiger partial charge is 0.444 e. The van der Waals surface area contributed by atoms with Crippen molar-refractivity contribution in [2.24, 2.45) is 0 Å². The molecule has 0 saturated heterocycles. The molecular weight excluding hydrogens is 405 g/mol. The molecule has 0 heterocycles. The molecule has 1 N–H and O–H groups in total. The minimum atomic E-state index is -4.17. The van der Waals surface area contributed by atoms with E-state index in [1.165, 1.54) is 0 Å². The Labute approximate surface area is 179 Å². The van der Waals surface area contributed by atoms with Crippen LogP contribution in [-0.2, 0) is 18.3 Å². The molecule has 30 heavy (non-hydrogen) atoms. The van der Waals surface area contributed by atoms with E-state index in [0.29, 0.717) is 5.56 Å². The Bertz CT molecular complexity index is 809. The zero-order valence-corrected chi connectivity index (χ0v) is 20.2. The zero-order valence-electron chi connectivity index (χ0n) is 19.3. The quantitative estimate of drug-likeness (QED) is 0.264. The van der Waals surface area contributed by atoms with Gasteiger partial charge in [0.05, 0.1) is 11.2 Å². The first kappa shape index (κ1) is 26.1. The second kappa shape index (κ2) is 9.44. The monoisotopic (exact) mass is 439 g/mol. The van der Waals surface area contributed by atoms with Gasteiger partial charge in [-0.2, -0.15) is 4.79 Å². The number of nitrogens with one attached hydrogen (secondary N) is 1. The first-order valence-corrected chi connectivity index (χ1v) is 11.3. The molecule has 0 aliphatic heterocycles. The van der Waals surface area contributed by atoms with E-state index in [4.69, 9.17) is 13.8 Å². The highest BCUT2D eigenvalue weighted by Crippen LogP contribution is 2.57. The van der Waals surface area contributed by atoms with Crippen LogP contribution in [0.15, 0.2) is 30.3 Å². The molecule has 0 radical (unpaired) electrons. The van der Waals surface area contributed by atoms with Crippen LogP contribution >= 0.6 is 7.60 Å². The minimum Gasteiger partial charge on any atom is -0.444 e. The molecule has 168 valence electrons. The standard InChI is InChI=1S/C21H34N3O5P/c1-19(2,3)27-18(25)23-16(15-13-11-10-12-14-15)17(24-22)30(26,28-20(4,5)6)29-21(7,8)9/h10-14,16H,1-9H3,(H,23,25). The molecule has 0 aliphatic rings. The van der Waals surface area contributed by atoms with Gasteiger partial charge in [0.2, 0.25) is 0 Å². The van der Waals surface area contributed by atoms with Gasteiger partial charge in [0.25, 0.3) is 0 Å². The average molecular weight is 439 g/mol. The van der Waals surface area contributed by atoms with Crippen molar-refractivity contribution in [3.8, 4) is 0 Å². The van der Waals surface area contributed by atoms with Gasteiger partial charge >= 0.3 is 19.1 Å². The van der Waals surface area contributed by atoms with Crippen molar-refractivity contribution in [2.45, 2.75) is 85.2 Å². The van der Waals surface area contributed by atoms with Crippen molar-refractivity contribution in [3.63, 3.8) is 0 Å². The molecule has 8 nitrogen and oxygen atoms in total. The smallest absolute Gasteiger partial charge is 0.441 e.